The standard InChI is InChI=1S/C15H25N/c1-12(2)16(6)11-13-7-9-14(10-8-13)15(3,4)5/h7-10,12H,11H2,1-6H3. The van der Waals surface area contributed by atoms with Crippen molar-refractivity contribution in [3.8, 4) is 0 Å². The van der Waals surface area contributed by atoms with E-state index in [0.29, 0.717) is 6.04 Å². The van der Waals surface area contributed by atoms with E-state index in [1.807, 2.05) is 0 Å². The van der Waals surface area contributed by atoms with Crippen LogP contribution in [0.5, 0.6) is 0 Å². The Morgan fingerprint density at radius 3 is 1.94 bits per heavy atom. The van der Waals surface area contributed by atoms with Gasteiger partial charge in [-0.05, 0) is 37.4 Å². The lowest BCUT2D eigenvalue weighted by atomic mass is 9.87. The molecule has 0 radical (unpaired) electrons. The van der Waals surface area contributed by atoms with Crippen LogP contribution in [0.3, 0.4) is 0 Å². The Balaban J connectivity index is 2.72. The Morgan fingerprint density at radius 1 is 1.06 bits per heavy atom. The van der Waals surface area contributed by atoms with Crippen LogP contribution in [0.15, 0.2) is 24.3 Å². The molecule has 0 spiro atoms. The topological polar surface area (TPSA) is 3.24 Å². The van der Waals surface area contributed by atoms with E-state index in [4.69, 9.17) is 0 Å². The van der Waals surface area contributed by atoms with E-state index in [2.05, 4.69) is 70.8 Å². The molecular weight excluding hydrogens is 194 g/mol. The average molecular weight is 219 g/mol. The van der Waals surface area contributed by atoms with E-state index in [9.17, 15) is 0 Å². The summed E-state index contributed by atoms with van der Waals surface area (Å²) in [4.78, 5) is 2.35. The molecule has 1 nitrogen and oxygen atoms in total. The number of benzene rings is 1. The maximum absolute atomic E-state index is 2.35. The van der Waals surface area contributed by atoms with Crippen LogP contribution in [0.4, 0.5) is 0 Å². The lowest BCUT2D eigenvalue weighted by Crippen LogP contribution is -2.25. The van der Waals surface area contributed by atoms with Gasteiger partial charge < -0.3 is 0 Å². The molecule has 0 aromatic heterocycles. The van der Waals surface area contributed by atoms with Crippen LogP contribution in [0.1, 0.15) is 45.7 Å². The van der Waals surface area contributed by atoms with Crippen molar-refractivity contribution in [1.29, 1.82) is 0 Å². The average Bonchev–Trinajstić information content (AvgIpc) is 2.17. The highest BCUT2D eigenvalue weighted by Crippen LogP contribution is 2.22. The summed E-state index contributed by atoms with van der Waals surface area (Å²) in [6, 6.07) is 9.61. The van der Waals surface area contributed by atoms with E-state index in [1.165, 1.54) is 11.1 Å². The molecule has 0 fully saturated rings. The number of rotatable bonds is 3. The summed E-state index contributed by atoms with van der Waals surface area (Å²) in [7, 11) is 2.17. The highest BCUT2D eigenvalue weighted by atomic mass is 15.1. The molecule has 1 heteroatoms. The first-order valence-corrected chi connectivity index (χ1v) is 6.10. The number of hydrogen-bond donors (Lipinski definition) is 0. The Bertz CT molecular complexity index is 316. The molecule has 16 heavy (non-hydrogen) atoms. The predicted molar refractivity (Wildman–Crippen MR) is 71.7 cm³/mol. The van der Waals surface area contributed by atoms with Gasteiger partial charge in [0.25, 0.3) is 0 Å². The first-order chi connectivity index (χ1) is 7.30. The monoisotopic (exact) mass is 219 g/mol. The van der Waals surface area contributed by atoms with Crippen molar-refractivity contribution < 1.29 is 0 Å². The van der Waals surface area contributed by atoms with Crippen LogP contribution in [0.25, 0.3) is 0 Å². The minimum Gasteiger partial charge on any atom is -0.300 e. The third-order valence-corrected chi connectivity index (χ3v) is 3.13. The third kappa shape index (κ3) is 3.64. The first-order valence-electron chi connectivity index (χ1n) is 6.10. The van der Waals surface area contributed by atoms with Gasteiger partial charge in [0.05, 0.1) is 0 Å². The van der Waals surface area contributed by atoms with Crippen molar-refractivity contribution in [2.75, 3.05) is 7.05 Å². The van der Waals surface area contributed by atoms with Gasteiger partial charge in [0.1, 0.15) is 0 Å². The summed E-state index contributed by atoms with van der Waals surface area (Å²) in [6.07, 6.45) is 0. The predicted octanol–water partition coefficient (Wildman–Crippen LogP) is 3.82. The molecular formula is C15H25N. The lowest BCUT2D eigenvalue weighted by Gasteiger charge is -2.22. The fourth-order valence-electron chi connectivity index (χ4n) is 1.58. The van der Waals surface area contributed by atoms with Gasteiger partial charge in [-0.25, -0.2) is 0 Å². The second kappa shape index (κ2) is 5.01. The van der Waals surface area contributed by atoms with E-state index in [-0.39, 0.29) is 5.41 Å². The molecule has 0 N–H and O–H groups in total. The molecule has 0 bridgehead atoms. The summed E-state index contributed by atoms with van der Waals surface area (Å²) >= 11 is 0. The van der Waals surface area contributed by atoms with Gasteiger partial charge >= 0.3 is 0 Å². The molecule has 0 saturated heterocycles. The summed E-state index contributed by atoms with van der Waals surface area (Å²) in [6.45, 7) is 12.2. The second-order valence-corrected chi connectivity index (χ2v) is 5.96. The molecule has 90 valence electrons. The van der Waals surface area contributed by atoms with Gasteiger partial charge in [-0.3, -0.25) is 4.90 Å². The van der Waals surface area contributed by atoms with Crippen LogP contribution in [0.2, 0.25) is 0 Å². The molecule has 0 heterocycles. The Kier molecular flexibility index (Phi) is 4.15. The zero-order valence-electron chi connectivity index (χ0n) is 11.5. The van der Waals surface area contributed by atoms with Gasteiger partial charge in [0, 0.05) is 12.6 Å². The van der Waals surface area contributed by atoms with Crippen molar-refractivity contribution in [2.24, 2.45) is 0 Å². The summed E-state index contributed by atoms with van der Waals surface area (Å²) in [5.74, 6) is 0. The van der Waals surface area contributed by atoms with Gasteiger partial charge in [-0.15, -0.1) is 0 Å². The molecule has 0 saturated carbocycles. The maximum atomic E-state index is 2.35. The molecule has 0 amide bonds. The molecule has 1 rings (SSSR count). The fourth-order valence-corrected chi connectivity index (χ4v) is 1.58. The molecule has 0 aliphatic carbocycles. The van der Waals surface area contributed by atoms with Gasteiger partial charge in [0.15, 0.2) is 0 Å². The maximum Gasteiger partial charge on any atom is 0.0233 e. The van der Waals surface area contributed by atoms with Crippen LogP contribution >= 0.6 is 0 Å². The summed E-state index contributed by atoms with van der Waals surface area (Å²) in [5.41, 5.74) is 3.05. The van der Waals surface area contributed by atoms with Crippen molar-refractivity contribution in [3.63, 3.8) is 0 Å². The Hall–Kier alpha value is -0.820. The van der Waals surface area contributed by atoms with Crippen molar-refractivity contribution in [2.45, 2.75) is 52.6 Å². The third-order valence-electron chi connectivity index (χ3n) is 3.13. The summed E-state index contributed by atoms with van der Waals surface area (Å²) in [5, 5.41) is 0. The zero-order valence-corrected chi connectivity index (χ0v) is 11.5. The van der Waals surface area contributed by atoms with E-state index in [1.54, 1.807) is 0 Å². The largest absolute Gasteiger partial charge is 0.300 e. The highest BCUT2D eigenvalue weighted by molar-refractivity contribution is 5.27. The van der Waals surface area contributed by atoms with Crippen molar-refractivity contribution in [1.82, 2.24) is 4.90 Å². The van der Waals surface area contributed by atoms with Gasteiger partial charge in [-0.1, -0.05) is 45.0 Å². The minimum absolute atomic E-state index is 0.252. The first kappa shape index (κ1) is 13.2. The number of hydrogen-bond acceptors (Lipinski definition) is 1. The normalized spacial score (nSPS) is 12.5. The van der Waals surface area contributed by atoms with E-state index < -0.39 is 0 Å². The highest BCUT2D eigenvalue weighted by Gasteiger charge is 2.13. The molecule has 1 aromatic carbocycles. The lowest BCUT2D eigenvalue weighted by molar-refractivity contribution is 0.266. The molecule has 1 aromatic rings. The van der Waals surface area contributed by atoms with Crippen LogP contribution in [-0.4, -0.2) is 18.0 Å². The number of nitrogens with zero attached hydrogens (tertiary/aromatic N) is 1. The zero-order chi connectivity index (χ0) is 12.3. The van der Waals surface area contributed by atoms with Crippen LogP contribution in [0, 0.1) is 0 Å². The van der Waals surface area contributed by atoms with E-state index >= 15 is 0 Å². The molecule has 0 unspecified atom stereocenters. The van der Waals surface area contributed by atoms with Gasteiger partial charge in [0.2, 0.25) is 0 Å². The van der Waals surface area contributed by atoms with Crippen molar-refractivity contribution in [3.05, 3.63) is 35.4 Å². The molecule has 0 aliphatic rings. The summed E-state index contributed by atoms with van der Waals surface area (Å²) < 4.78 is 0. The fraction of sp³-hybridized carbons (Fsp3) is 0.600. The minimum atomic E-state index is 0.252. The molecule has 0 atom stereocenters. The Morgan fingerprint density at radius 2 is 1.56 bits per heavy atom. The SMILES string of the molecule is CC(C)N(C)Cc1ccc(C(C)(C)C)cc1. The Labute approximate surface area is 100 Å². The quantitative estimate of drug-likeness (QED) is 0.747. The smallest absolute Gasteiger partial charge is 0.0233 e. The van der Waals surface area contributed by atoms with Crippen LogP contribution in [-0.2, 0) is 12.0 Å². The van der Waals surface area contributed by atoms with E-state index in [0.717, 1.165) is 6.54 Å². The van der Waals surface area contributed by atoms with Gasteiger partial charge in [-0.2, -0.15) is 0 Å². The second-order valence-electron chi connectivity index (χ2n) is 5.96. The van der Waals surface area contributed by atoms with Crippen molar-refractivity contribution >= 4 is 0 Å². The molecule has 0 aliphatic heterocycles. The van der Waals surface area contributed by atoms with Crippen LogP contribution < -0.4 is 0 Å².